The number of nitrogens with one attached hydrogen (secondary N) is 1. The minimum absolute atomic E-state index is 0.0554. The Bertz CT molecular complexity index is 1400. The number of carbonyl (C=O) groups excluding carboxylic acids is 1. The van der Waals surface area contributed by atoms with Crippen molar-refractivity contribution in [2.75, 3.05) is 18.4 Å². The van der Waals surface area contributed by atoms with Crippen LogP contribution in [0, 0.1) is 40.5 Å². The largest absolute Gasteiger partial charge is 0.355 e. The molecular weight excluding hydrogens is 474 g/mol. The first-order valence-corrected chi connectivity index (χ1v) is 13.6. The van der Waals surface area contributed by atoms with Gasteiger partial charge in [-0.1, -0.05) is 53.2 Å². The molecule has 0 bridgehead atoms. The van der Waals surface area contributed by atoms with E-state index in [0.717, 1.165) is 33.5 Å². The molecule has 0 spiro atoms. The molecule has 1 aromatic heterocycles. The molecule has 7 nitrogen and oxygen atoms in total. The lowest BCUT2D eigenvalue weighted by Crippen LogP contribution is -2.44. The Morgan fingerprint density at radius 1 is 1.06 bits per heavy atom. The SMILES string of the molecule is Cc1ccc(C)c(/C=C/c2onc(C)c2S(=O)(=O)N2CCC[C@H](C(=O)Nc3c(C)cccc3C)C2)c1. The number of benzene rings is 2. The van der Waals surface area contributed by atoms with Crippen molar-refractivity contribution in [1.82, 2.24) is 9.46 Å². The summed E-state index contributed by atoms with van der Waals surface area (Å²) in [6.45, 7) is 9.99. The number of hydrogen-bond acceptors (Lipinski definition) is 5. The fourth-order valence-corrected chi connectivity index (χ4v) is 6.42. The van der Waals surface area contributed by atoms with Gasteiger partial charge in [-0.15, -0.1) is 0 Å². The number of aryl methyl sites for hydroxylation is 5. The first-order chi connectivity index (χ1) is 17.1. The predicted molar refractivity (Wildman–Crippen MR) is 142 cm³/mol. The predicted octanol–water partition coefficient (Wildman–Crippen LogP) is 5.43. The van der Waals surface area contributed by atoms with Crippen molar-refractivity contribution in [3.05, 3.63) is 75.7 Å². The maximum atomic E-state index is 13.7. The van der Waals surface area contributed by atoms with Crippen LogP contribution >= 0.6 is 0 Å². The van der Waals surface area contributed by atoms with Gasteiger partial charge in [-0.2, -0.15) is 4.31 Å². The van der Waals surface area contributed by atoms with Gasteiger partial charge in [0.2, 0.25) is 15.9 Å². The van der Waals surface area contributed by atoms with E-state index in [-0.39, 0.29) is 23.1 Å². The number of anilines is 1. The number of para-hydroxylation sites is 1. The van der Waals surface area contributed by atoms with Crippen molar-refractivity contribution in [3.8, 4) is 0 Å². The van der Waals surface area contributed by atoms with E-state index in [0.29, 0.717) is 25.1 Å². The van der Waals surface area contributed by atoms with E-state index in [1.807, 2.05) is 70.2 Å². The van der Waals surface area contributed by atoms with Crippen molar-refractivity contribution in [2.24, 2.45) is 5.92 Å². The van der Waals surface area contributed by atoms with Gasteiger partial charge in [0, 0.05) is 18.8 Å². The molecule has 2 heterocycles. The molecule has 1 amide bonds. The number of carbonyl (C=O) groups is 1. The van der Waals surface area contributed by atoms with Gasteiger partial charge in [0.05, 0.1) is 5.92 Å². The molecule has 1 N–H and O–H groups in total. The third-order valence-electron chi connectivity index (χ3n) is 6.76. The van der Waals surface area contributed by atoms with Crippen LogP contribution in [0.1, 0.15) is 52.1 Å². The van der Waals surface area contributed by atoms with Crippen molar-refractivity contribution in [2.45, 2.75) is 52.4 Å². The summed E-state index contributed by atoms with van der Waals surface area (Å²) in [4.78, 5) is 13.2. The standard InChI is InChI=1S/C28H33N3O4S/c1-18-11-12-19(2)23(16-18)13-14-25-27(22(5)30-35-25)36(33,34)31-15-7-10-24(17-31)28(32)29-26-20(3)8-6-9-21(26)4/h6,8-9,11-14,16,24H,7,10,15,17H2,1-5H3,(H,29,32)/b14-13+/t24-/m0/s1. The molecule has 1 atom stereocenters. The van der Waals surface area contributed by atoms with Gasteiger partial charge in [-0.25, -0.2) is 8.42 Å². The summed E-state index contributed by atoms with van der Waals surface area (Å²) in [7, 11) is -3.91. The maximum absolute atomic E-state index is 13.7. The van der Waals surface area contributed by atoms with Gasteiger partial charge in [-0.3, -0.25) is 4.79 Å². The number of rotatable bonds is 6. The lowest BCUT2D eigenvalue weighted by Gasteiger charge is -2.31. The molecule has 1 saturated heterocycles. The van der Waals surface area contributed by atoms with Gasteiger partial charge in [0.25, 0.3) is 0 Å². The summed E-state index contributed by atoms with van der Waals surface area (Å²) in [6, 6.07) is 11.9. The monoisotopic (exact) mass is 507 g/mol. The zero-order valence-electron chi connectivity index (χ0n) is 21.5. The summed E-state index contributed by atoms with van der Waals surface area (Å²) in [5, 5.41) is 6.97. The molecule has 1 fully saturated rings. The Balaban J connectivity index is 1.57. The first-order valence-electron chi connectivity index (χ1n) is 12.2. The second-order valence-corrected chi connectivity index (χ2v) is 11.5. The maximum Gasteiger partial charge on any atom is 0.248 e. The minimum Gasteiger partial charge on any atom is -0.355 e. The normalized spacial score (nSPS) is 17.0. The fourth-order valence-electron chi connectivity index (χ4n) is 4.64. The van der Waals surface area contributed by atoms with Gasteiger partial charge in [0.1, 0.15) is 5.69 Å². The second-order valence-electron chi connectivity index (χ2n) is 9.61. The van der Waals surface area contributed by atoms with Crippen molar-refractivity contribution >= 4 is 33.8 Å². The lowest BCUT2D eigenvalue weighted by molar-refractivity contribution is -0.120. The van der Waals surface area contributed by atoms with Gasteiger partial charge < -0.3 is 9.84 Å². The number of amides is 1. The van der Waals surface area contributed by atoms with Crippen LogP contribution in [0.15, 0.2) is 45.8 Å². The van der Waals surface area contributed by atoms with E-state index in [4.69, 9.17) is 4.52 Å². The third kappa shape index (κ3) is 5.29. The zero-order chi connectivity index (χ0) is 26.0. The summed E-state index contributed by atoms with van der Waals surface area (Å²) in [5.74, 6) is -0.415. The topological polar surface area (TPSA) is 92.5 Å². The second kappa shape index (κ2) is 10.4. The third-order valence-corrected chi connectivity index (χ3v) is 8.79. The molecule has 0 unspecified atom stereocenters. The molecular formula is C28H33N3O4S. The Morgan fingerprint density at radius 2 is 1.78 bits per heavy atom. The molecule has 0 aliphatic carbocycles. The molecule has 1 aliphatic heterocycles. The smallest absolute Gasteiger partial charge is 0.248 e. The zero-order valence-corrected chi connectivity index (χ0v) is 22.3. The van der Waals surface area contributed by atoms with Crippen LogP contribution in [0.4, 0.5) is 5.69 Å². The average molecular weight is 508 g/mol. The van der Waals surface area contributed by atoms with Crippen molar-refractivity contribution < 1.29 is 17.7 Å². The highest BCUT2D eigenvalue weighted by molar-refractivity contribution is 7.89. The molecule has 3 aromatic rings. The molecule has 2 aromatic carbocycles. The van der Waals surface area contributed by atoms with E-state index in [9.17, 15) is 13.2 Å². The average Bonchev–Trinajstić information content (AvgIpc) is 3.23. The lowest BCUT2D eigenvalue weighted by atomic mass is 9.98. The number of aromatic nitrogens is 1. The van der Waals surface area contributed by atoms with Crippen molar-refractivity contribution in [3.63, 3.8) is 0 Å². The molecule has 0 radical (unpaired) electrons. The molecule has 1 aliphatic rings. The number of piperidine rings is 1. The summed E-state index contributed by atoms with van der Waals surface area (Å²) in [5.41, 5.74) is 6.21. The molecule has 190 valence electrons. The van der Waals surface area contributed by atoms with Crippen LogP contribution in [0.2, 0.25) is 0 Å². The van der Waals surface area contributed by atoms with Crippen LogP contribution in [0.25, 0.3) is 12.2 Å². The first kappa shape index (κ1) is 25.9. The fraction of sp³-hybridized carbons (Fsp3) is 0.357. The van der Waals surface area contributed by atoms with Crippen LogP contribution in [0.3, 0.4) is 0 Å². The molecule has 36 heavy (non-hydrogen) atoms. The molecule has 8 heteroatoms. The van der Waals surface area contributed by atoms with E-state index in [1.54, 1.807) is 13.0 Å². The van der Waals surface area contributed by atoms with Crippen LogP contribution in [-0.4, -0.2) is 36.9 Å². The summed E-state index contributed by atoms with van der Waals surface area (Å²) < 4.78 is 34.2. The Kier molecular flexibility index (Phi) is 7.47. The van der Waals surface area contributed by atoms with Crippen LogP contribution in [-0.2, 0) is 14.8 Å². The highest BCUT2D eigenvalue weighted by Gasteiger charge is 2.37. The Labute approximate surface area is 213 Å². The van der Waals surface area contributed by atoms with Crippen LogP contribution in [0.5, 0.6) is 0 Å². The van der Waals surface area contributed by atoms with Gasteiger partial charge in [-0.05, 0) is 75.8 Å². The highest BCUT2D eigenvalue weighted by Crippen LogP contribution is 2.30. The van der Waals surface area contributed by atoms with E-state index in [1.165, 1.54) is 4.31 Å². The number of hydrogen-bond donors (Lipinski definition) is 1. The number of sulfonamides is 1. The highest BCUT2D eigenvalue weighted by atomic mass is 32.2. The Hall–Kier alpha value is -3.23. The van der Waals surface area contributed by atoms with E-state index in [2.05, 4.69) is 10.5 Å². The molecule has 4 rings (SSSR count). The quantitative estimate of drug-likeness (QED) is 0.481. The molecule has 0 saturated carbocycles. The van der Waals surface area contributed by atoms with Crippen LogP contribution < -0.4 is 5.32 Å². The summed E-state index contributed by atoms with van der Waals surface area (Å²) >= 11 is 0. The van der Waals surface area contributed by atoms with E-state index >= 15 is 0 Å². The van der Waals surface area contributed by atoms with Crippen molar-refractivity contribution in [1.29, 1.82) is 0 Å². The number of nitrogens with zero attached hydrogens (tertiary/aromatic N) is 2. The van der Waals surface area contributed by atoms with Gasteiger partial charge in [0.15, 0.2) is 10.7 Å². The van der Waals surface area contributed by atoms with E-state index < -0.39 is 15.9 Å². The Morgan fingerprint density at radius 3 is 2.50 bits per heavy atom. The summed E-state index contributed by atoms with van der Waals surface area (Å²) in [6.07, 6.45) is 4.73. The minimum atomic E-state index is -3.91. The van der Waals surface area contributed by atoms with Gasteiger partial charge >= 0.3 is 0 Å².